The van der Waals surface area contributed by atoms with Crippen LogP contribution in [0.1, 0.15) is 39.4 Å². The summed E-state index contributed by atoms with van der Waals surface area (Å²) in [6.07, 6.45) is 6.25. The minimum Gasteiger partial charge on any atom is -0.348 e. The number of rotatable bonds is 6. The van der Waals surface area contributed by atoms with Gasteiger partial charge in [-0.05, 0) is 49.1 Å². The van der Waals surface area contributed by atoms with Crippen molar-refractivity contribution in [1.82, 2.24) is 20.2 Å². The summed E-state index contributed by atoms with van der Waals surface area (Å²) < 4.78 is 0. The van der Waals surface area contributed by atoms with Crippen LogP contribution in [0.4, 0.5) is 0 Å². The molecule has 0 radical (unpaired) electrons. The number of likely N-dealkylation sites (N-methyl/N-ethyl adjacent to an activating group) is 1. The Hall–Kier alpha value is -2.76. The molecule has 2 amide bonds. The molecule has 0 unspecified atom stereocenters. The van der Waals surface area contributed by atoms with E-state index in [1.54, 1.807) is 42.5 Å². The second kappa shape index (κ2) is 7.21. The van der Waals surface area contributed by atoms with Gasteiger partial charge in [-0.25, -0.2) is 4.98 Å². The standard InChI is InChI=1S/C18H20N4O2/c1-22(12-9-13-7-10-19-11-8-13)18(24)16-4-2-3-15(21-16)17(23)20-14-5-6-14/h2-4,7-8,10-11,14H,5-6,9,12H2,1H3,(H,20,23). The molecule has 0 atom stereocenters. The fraction of sp³-hybridized carbons (Fsp3) is 0.333. The van der Waals surface area contributed by atoms with Crippen LogP contribution in [-0.2, 0) is 6.42 Å². The molecule has 6 nitrogen and oxygen atoms in total. The van der Waals surface area contributed by atoms with Gasteiger partial charge in [0.2, 0.25) is 0 Å². The highest BCUT2D eigenvalue weighted by Crippen LogP contribution is 2.19. The first-order valence-corrected chi connectivity index (χ1v) is 8.06. The van der Waals surface area contributed by atoms with E-state index >= 15 is 0 Å². The average molecular weight is 324 g/mol. The maximum Gasteiger partial charge on any atom is 0.272 e. The van der Waals surface area contributed by atoms with E-state index < -0.39 is 0 Å². The molecule has 3 rings (SSSR count). The van der Waals surface area contributed by atoms with Gasteiger partial charge < -0.3 is 10.2 Å². The van der Waals surface area contributed by atoms with Crippen LogP contribution < -0.4 is 5.32 Å². The smallest absolute Gasteiger partial charge is 0.272 e. The molecule has 0 aliphatic heterocycles. The normalized spacial score (nSPS) is 13.4. The molecule has 0 saturated heterocycles. The molecular formula is C18H20N4O2. The van der Waals surface area contributed by atoms with Gasteiger partial charge in [-0.15, -0.1) is 0 Å². The van der Waals surface area contributed by atoms with Gasteiger partial charge in [-0.1, -0.05) is 6.07 Å². The lowest BCUT2D eigenvalue weighted by Gasteiger charge is -2.17. The molecule has 1 fully saturated rings. The number of carbonyl (C=O) groups is 2. The first-order valence-electron chi connectivity index (χ1n) is 8.06. The first kappa shape index (κ1) is 16.1. The summed E-state index contributed by atoms with van der Waals surface area (Å²) in [6, 6.07) is 9.09. The van der Waals surface area contributed by atoms with Gasteiger partial charge >= 0.3 is 0 Å². The van der Waals surface area contributed by atoms with E-state index in [1.165, 1.54) is 0 Å². The van der Waals surface area contributed by atoms with Crippen molar-refractivity contribution >= 4 is 11.8 Å². The molecule has 0 spiro atoms. The number of hydrogen-bond donors (Lipinski definition) is 1. The monoisotopic (exact) mass is 324 g/mol. The van der Waals surface area contributed by atoms with Crippen LogP contribution in [0.25, 0.3) is 0 Å². The van der Waals surface area contributed by atoms with Crippen molar-refractivity contribution in [2.75, 3.05) is 13.6 Å². The van der Waals surface area contributed by atoms with Crippen molar-refractivity contribution in [3.05, 3.63) is 59.7 Å². The second-order valence-corrected chi connectivity index (χ2v) is 5.99. The van der Waals surface area contributed by atoms with Gasteiger partial charge in [0.15, 0.2) is 0 Å². The fourth-order valence-electron chi connectivity index (χ4n) is 2.31. The number of nitrogens with one attached hydrogen (secondary N) is 1. The Morgan fingerprint density at radius 3 is 2.58 bits per heavy atom. The van der Waals surface area contributed by atoms with Crippen molar-refractivity contribution in [2.24, 2.45) is 0 Å². The number of pyridine rings is 2. The van der Waals surface area contributed by atoms with E-state index in [4.69, 9.17) is 0 Å². The van der Waals surface area contributed by atoms with Crippen molar-refractivity contribution in [3.8, 4) is 0 Å². The molecule has 2 heterocycles. The quantitative estimate of drug-likeness (QED) is 0.877. The molecule has 124 valence electrons. The second-order valence-electron chi connectivity index (χ2n) is 5.99. The Balaban J connectivity index is 1.62. The van der Waals surface area contributed by atoms with Crippen molar-refractivity contribution < 1.29 is 9.59 Å². The van der Waals surface area contributed by atoms with Crippen molar-refractivity contribution in [1.29, 1.82) is 0 Å². The highest BCUT2D eigenvalue weighted by atomic mass is 16.2. The van der Waals surface area contributed by atoms with Crippen LogP contribution in [0.5, 0.6) is 0 Å². The van der Waals surface area contributed by atoms with Crippen LogP contribution >= 0.6 is 0 Å². The zero-order valence-corrected chi connectivity index (χ0v) is 13.6. The Morgan fingerprint density at radius 1 is 1.17 bits per heavy atom. The van der Waals surface area contributed by atoms with E-state index in [2.05, 4.69) is 15.3 Å². The number of nitrogens with zero attached hydrogens (tertiary/aromatic N) is 3. The van der Waals surface area contributed by atoms with Gasteiger partial charge in [0, 0.05) is 32.0 Å². The Bertz CT molecular complexity index is 729. The lowest BCUT2D eigenvalue weighted by atomic mass is 10.2. The largest absolute Gasteiger partial charge is 0.348 e. The summed E-state index contributed by atoms with van der Waals surface area (Å²) in [5.41, 5.74) is 1.70. The molecule has 6 heteroatoms. The maximum atomic E-state index is 12.5. The Morgan fingerprint density at radius 2 is 1.88 bits per heavy atom. The number of carbonyl (C=O) groups excluding carboxylic acids is 2. The minimum absolute atomic E-state index is 0.190. The Labute approximate surface area is 140 Å². The van der Waals surface area contributed by atoms with Crippen LogP contribution in [0, 0.1) is 0 Å². The lowest BCUT2D eigenvalue weighted by Crippen LogP contribution is -2.31. The van der Waals surface area contributed by atoms with Crippen molar-refractivity contribution in [2.45, 2.75) is 25.3 Å². The number of aromatic nitrogens is 2. The highest BCUT2D eigenvalue weighted by Gasteiger charge is 2.24. The van der Waals surface area contributed by atoms with Gasteiger partial charge in [-0.2, -0.15) is 0 Å². The summed E-state index contributed by atoms with van der Waals surface area (Å²) in [4.78, 5) is 34.4. The molecule has 1 aliphatic rings. The van der Waals surface area contributed by atoms with Crippen molar-refractivity contribution in [3.63, 3.8) is 0 Å². The predicted octanol–water partition coefficient (Wildman–Crippen LogP) is 1.68. The summed E-state index contributed by atoms with van der Waals surface area (Å²) >= 11 is 0. The SMILES string of the molecule is CN(CCc1ccncc1)C(=O)c1cccc(C(=O)NC2CC2)n1. The molecule has 2 aromatic heterocycles. The zero-order chi connectivity index (χ0) is 16.9. The zero-order valence-electron chi connectivity index (χ0n) is 13.6. The van der Waals surface area contributed by atoms with Gasteiger partial charge in [0.25, 0.3) is 11.8 Å². The molecule has 1 aliphatic carbocycles. The van der Waals surface area contributed by atoms with Gasteiger partial charge in [0.05, 0.1) is 0 Å². The summed E-state index contributed by atoms with van der Waals surface area (Å²) in [5, 5.41) is 2.88. The Kier molecular flexibility index (Phi) is 4.84. The predicted molar refractivity (Wildman–Crippen MR) is 89.6 cm³/mol. The van der Waals surface area contributed by atoms with Gasteiger partial charge in [-0.3, -0.25) is 14.6 Å². The van der Waals surface area contributed by atoms with E-state index in [-0.39, 0.29) is 29.2 Å². The van der Waals surface area contributed by atoms with Crippen LogP contribution in [0.15, 0.2) is 42.7 Å². The number of amides is 2. The van der Waals surface area contributed by atoms with Crippen LogP contribution in [-0.4, -0.2) is 46.3 Å². The third kappa shape index (κ3) is 4.16. The molecule has 1 saturated carbocycles. The first-order chi connectivity index (χ1) is 11.6. The minimum atomic E-state index is -0.216. The molecule has 24 heavy (non-hydrogen) atoms. The topological polar surface area (TPSA) is 75.2 Å². The highest BCUT2D eigenvalue weighted by molar-refractivity contribution is 5.96. The fourth-order valence-corrected chi connectivity index (χ4v) is 2.31. The van der Waals surface area contributed by atoms with Crippen LogP contribution in [0.3, 0.4) is 0 Å². The molecular weight excluding hydrogens is 304 g/mol. The molecule has 0 bridgehead atoms. The summed E-state index contributed by atoms with van der Waals surface area (Å²) in [7, 11) is 1.74. The molecule has 0 aromatic carbocycles. The van der Waals surface area contributed by atoms with E-state index in [0.717, 1.165) is 24.8 Å². The number of hydrogen-bond acceptors (Lipinski definition) is 4. The van der Waals surface area contributed by atoms with Crippen LogP contribution in [0.2, 0.25) is 0 Å². The van der Waals surface area contributed by atoms with Gasteiger partial charge in [0.1, 0.15) is 11.4 Å². The van der Waals surface area contributed by atoms with E-state index in [0.29, 0.717) is 6.54 Å². The molecule has 2 aromatic rings. The summed E-state index contributed by atoms with van der Waals surface area (Å²) in [5.74, 6) is -0.406. The summed E-state index contributed by atoms with van der Waals surface area (Å²) in [6.45, 7) is 0.572. The van der Waals surface area contributed by atoms with E-state index in [9.17, 15) is 9.59 Å². The third-order valence-corrected chi connectivity index (χ3v) is 3.95. The average Bonchev–Trinajstić information content (AvgIpc) is 3.44. The van der Waals surface area contributed by atoms with E-state index in [1.807, 2.05) is 12.1 Å². The molecule has 1 N–H and O–H groups in total. The lowest BCUT2D eigenvalue weighted by molar-refractivity contribution is 0.0790. The maximum absolute atomic E-state index is 12.5. The third-order valence-electron chi connectivity index (χ3n) is 3.95.